The van der Waals surface area contributed by atoms with Crippen LogP contribution in [0.4, 0.5) is 0 Å². The summed E-state index contributed by atoms with van der Waals surface area (Å²) < 4.78 is 2.06. The Morgan fingerprint density at radius 2 is 2.24 bits per heavy atom. The molecule has 1 saturated carbocycles. The predicted molar refractivity (Wildman–Crippen MR) is 101 cm³/mol. The number of rotatable bonds is 5. The fourth-order valence-corrected chi connectivity index (χ4v) is 2.64. The molecule has 2 rings (SSSR count). The zero-order valence-electron chi connectivity index (χ0n) is 13.3. The predicted octanol–water partition coefficient (Wildman–Crippen LogP) is 3.35. The molecule has 1 N–H and O–H groups in total. The maximum absolute atomic E-state index is 6.03. The zero-order chi connectivity index (χ0) is 14.7. The summed E-state index contributed by atoms with van der Waals surface area (Å²) in [5.74, 6) is 2.60. The number of hydrogen-bond donors (Lipinski definition) is 1. The Balaban J connectivity index is 0.00000220. The molecule has 0 amide bonds. The van der Waals surface area contributed by atoms with Gasteiger partial charge >= 0.3 is 0 Å². The second kappa shape index (κ2) is 8.27. The summed E-state index contributed by atoms with van der Waals surface area (Å²) in [7, 11) is 4.09. The molecule has 0 radical (unpaired) electrons. The van der Waals surface area contributed by atoms with E-state index in [1.807, 2.05) is 19.3 Å². The molecule has 0 saturated heterocycles. The molecule has 1 aromatic rings. The Labute approximate surface area is 150 Å². The van der Waals surface area contributed by atoms with Crippen LogP contribution in [0.25, 0.3) is 0 Å². The smallest absolute Gasteiger partial charge is 0.194 e. The molecule has 1 aliphatic rings. The van der Waals surface area contributed by atoms with Crippen LogP contribution in [0.3, 0.4) is 0 Å². The number of halogens is 2. The standard InChI is InChI=1S/C15H25ClN4.HI/c1-5-17-15(18-8-12-6-11(12)2)20(4)10-14-7-13(16)9-19(14)3;/h7,9,11-12H,5-6,8,10H2,1-4H3,(H,17,18);1H. The van der Waals surface area contributed by atoms with Crippen LogP contribution >= 0.6 is 35.6 Å². The van der Waals surface area contributed by atoms with Crippen LogP contribution in [-0.2, 0) is 13.6 Å². The van der Waals surface area contributed by atoms with E-state index in [2.05, 4.69) is 35.7 Å². The van der Waals surface area contributed by atoms with Gasteiger partial charge in [0.15, 0.2) is 5.96 Å². The van der Waals surface area contributed by atoms with Crippen LogP contribution in [0.1, 0.15) is 26.0 Å². The van der Waals surface area contributed by atoms with Gasteiger partial charge in [-0.2, -0.15) is 0 Å². The van der Waals surface area contributed by atoms with Gasteiger partial charge in [0.25, 0.3) is 0 Å². The Morgan fingerprint density at radius 1 is 1.57 bits per heavy atom. The van der Waals surface area contributed by atoms with Crippen molar-refractivity contribution in [3.63, 3.8) is 0 Å². The summed E-state index contributed by atoms with van der Waals surface area (Å²) in [6, 6.07) is 2.00. The molecule has 4 nitrogen and oxygen atoms in total. The van der Waals surface area contributed by atoms with Gasteiger partial charge in [-0.15, -0.1) is 24.0 Å². The third kappa shape index (κ3) is 5.36. The van der Waals surface area contributed by atoms with Gasteiger partial charge in [-0.25, -0.2) is 0 Å². The lowest BCUT2D eigenvalue weighted by molar-refractivity contribution is 0.461. The van der Waals surface area contributed by atoms with E-state index in [0.717, 1.165) is 42.5 Å². The van der Waals surface area contributed by atoms with E-state index in [-0.39, 0.29) is 24.0 Å². The summed E-state index contributed by atoms with van der Waals surface area (Å²) in [5.41, 5.74) is 1.18. The van der Waals surface area contributed by atoms with Crippen molar-refractivity contribution in [2.45, 2.75) is 26.8 Å². The topological polar surface area (TPSA) is 32.6 Å². The molecule has 1 heterocycles. The van der Waals surface area contributed by atoms with Crippen molar-refractivity contribution < 1.29 is 0 Å². The highest BCUT2D eigenvalue weighted by Gasteiger charge is 2.32. The third-order valence-corrected chi connectivity index (χ3v) is 4.13. The quantitative estimate of drug-likeness (QED) is 0.447. The lowest BCUT2D eigenvalue weighted by Gasteiger charge is -2.22. The molecule has 1 aliphatic carbocycles. The molecule has 2 atom stereocenters. The van der Waals surface area contributed by atoms with Crippen LogP contribution in [0.15, 0.2) is 17.3 Å². The Bertz CT molecular complexity index is 486. The maximum Gasteiger partial charge on any atom is 0.194 e. The normalized spacial score (nSPS) is 20.9. The molecule has 1 fully saturated rings. The first-order valence-corrected chi connectivity index (χ1v) is 7.69. The lowest BCUT2D eigenvalue weighted by Crippen LogP contribution is -2.39. The van der Waals surface area contributed by atoms with Crippen molar-refractivity contribution >= 4 is 41.5 Å². The maximum atomic E-state index is 6.03. The van der Waals surface area contributed by atoms with E-state index in [4.69, 9.17) is 16.6 Å². The van der Waals surface area contributed by atoms with Gasteiger partial charge in [0.05, 0.1) is 11.6 Å². The highest BCUT2D eigenvalue weighted by atomic mass is 127. The molecular formula is C15H26ClIN4. The number of nitrogens with one attached hydrogen (secondary N) is 1. The van der Waals surface area contributed by atoms with Gasteiger partial charge in [0.1, 0.15) is 0 Å². The van der Waals surface area contributed by atoms with Crippen molar-refractivity contribution in [1.29, 1.82) is 0 Å². The fourth-order valence-electron chi connectivity index (χ4n) is 2.37. The fraction of sp³-hybridized carbons (Fsp3) is 0.667. The van der Waals surface area contributed by atoms with E-state index in [1.165, 1.54) is 12.1 Å². The van der Waals surface area contributed by atoms with Crippen molar-refractivity contribution in [1.82, 2.24) is 14.8 Å². The second-order valence-corrected chi connectivity index (χ2v) is 6.22. The largest absolute Gasteiger partial charge is 0.357 e. The van der Waals surface area contributed by atoms with Crippen molar-refractivity contribution in [3.05, 3.63) is 23.0 Å². The summed E-state index contributed by atoms with van der Waals surface area (Å²) in [6.45, 7) is 7.01. The van der Waals surface area contributed by atoms with E-state index < -0.39 is 0 Å². The Hall–Kier alpha value is -0.430. The van der Waals surface area contributed by atoms with Crippen molar-refractivity contribution in [2.24, 2.45) is 23.9 Å². The molecule has 0 aliphatic heterocycles. The van der Waals surface area contributed by atoms with Gasteiger partial charge in [0.2, 0.25) is 0 Å². The molecular weight excluding hydrogens is 399 g/mol. The van der Waals surface area contributed by atoms with Crippen LogP contribution in [-0.4, -0.2) is 35.6 Å². The molecule has 0 aromatic carbocycles. The van der Waals surface area contributed by atoms with E-state index in [0.29, 0.717) is 0 Å². The molecule has 2 unspecified atom stereocenters. The summed E-state index contributed by atoms with van der Waals surface area (Å²) >= 11 is 6.03. The number of aryl methyl sites for hydroxylation is 1. The monoisotopic (exact) mass is 424 g/mol. The number of guanidine groups is 1. The zero-order valence-corrected chi connectivity index (χ0v) is 16.4. The average Bonchev–Trinajstić information content (AvgIpc) is 2.99. The van der Waals surface area contributed by atoms with Gasteiger partial charge in [0, 0.05) is 39.1 Å². The second-order valence-electron chi connectivity index (χ2n) is 5.78. The van der Waals surface area contributed by atoms with Crippen molar-refractivity contribution in [2.75, 3.05) is 20.1 Å². The molecule has 21 heavy (non-hydrogen) atoms. The Kier molecular flexibility index (Phi) is 7.33. The molecule has 1 aromatic heterocycles. The summed E-state index contributed by atoms with van der Waals surface area (Å²) in [6.07, 6.45) is 3.25. The first-order chi connectivity index (χ1) is 9.51. The highest BCUT2D eigenvalue weighted by Crippen LogP contribution is 2.37. The van der Waals surface area contributed by atoms with Gasteiger partial charge in [-0.3, -0.25) is 4.99 Å². The van der Waals surface area contributed by atoms with Crippen LogP contribution < -0.4 is 5.32 Å². The molecule has 6 heteroatoms. The van der Waals surface area contributed by atoms with Crippen molar-refractivity contribution in [3.8, 4) is 0 Å². The summed E-state index contributed by atoms with van der Waals surface area (Å²) in [5, 5.41) is 4.14. The number of aliphatic imine (C=N–C) groups is 1. The highest BCUT2D eigenvalue weighted by molar-refractivity contribution is 14.0. The summed E-state index contributed by atoms with van der Waals surface area (Å²) in [4.78, 5) is 6.90. The van der Waals surface area contributed by atoms with Crippen LogP contribution in [0.5, 0.6) is 0 Å². The first kappa shape index (κ1) is 18.6. The number of nitrogens with zero attached hydrogens (tertiary/aromatic N) is 3. The first-order valence-electron chi connectivity index (χ1n) is 7.31. The van der Waals surface area contributed by atoms with E-state index in [9.17, 15) is 0 Å². The minimum Gasteiger partial charge on any atom is -0.357 e. The minimum absolute atomic E-state index is 0. The SMILES string of the molecule is CCNC(=NCC1CC1C)N(C)Cc1cc(Cl)cn1C.I. The third-order valence-electron chi connectivity index (χ3n) is 3.92. The van der Waals surface area contributed by atoms with Gasteiger partial charge in [-0.1, -0.05) is 18.5 Å². The molecule has 0 bridgehead atoms. The van der Waals surface area contributed by atoms with E-state index >= 15 is 0 Å². The molecule has 120 valence electrons. The minimum atomic E-state index is 0. The van der Waals surface area contributed by atoms with Gasteiger partial charge in [-0.05, 0) is 31.2 Å². The molecule has 0 spiro atoms. The van der Waals surface area contributed by atoms with Gasteiger partial charge < -0.3 is 14.8 Å². The Morgan fingerprint density at radius 3 is 2.71 bits per heavy atom. The average molecular weight is 425 g/mol. The number of hydrogen-bond acceptors (Lipinski definition) is 1. The van der Waals surface area contributed by atoms with Crippen LogP contribution in [0, 0.1) is 11.8 Å². The lowest BCUT2D eigenvalue weighted by atomic mass is 10.3. The number of aromatic nitrogens is 1. The van der Waals surface area contributed by atoms with E-state index in [1.54, 1.807) is 0 Å². The van der Waals surface area contributed by atoms with Crippen LogP contribution in [0.2, 0.25) is 5.02 Å².